The number of allylic oxidation sites excluding steroid dienone is 2. The first-order valence-electron chi connectivity index (χ1n) is 9.68. The van der Waals surface area contributed by atoms with Crippen LogP contribution in [0.25, 0.3) is 5.69 Å². The summed E-state index contributed by atoms with van der Waals surface area (Å²) in [5.74, 6) is 0.880. The molecule has 1 atom stereocenters. The van der Waals surface area contributed by atoms with Crippen LogP contribution < -0.4 is 0 Å². The molecule has 0 saturated heterocycles. The van der Waals surface area contributed by atoms with E-state index in [2.05, 4.69) is 5.10 Å². The molecule has 2 aliphatic rings. The molecule has 0 fully saturated rings. The Bertz CT molecular complexity index is 1310. The van der Waals surface area contributed by atoms with Gasteiger partial charge in [0, 0.05) is 11.8 Å². The highest BCUT2D eigenvalue weighted by Gasteiger charge is 2.38. The molecule has 1 aromatic heterocycles. The van der Waals surface area contributed by atoms with Gasteiger partial charge in [0.05, 0.1) is 33.1 Å². The summed E-state index contributed by atoms with van der Waals surface area (Å²) >= 11 is 12.8. The third kappa shape index (κ3) is 3.42. The summed E-state index contributed by atoms with van der Waals surface area (Å²) in [6.07, 6.45) is -1.14. The van der Waals surface area contributed by atoms with Gasteiger partial charge in [-0.05, 0) is 36.8 Å². The van der Waals surface area contributed by atoms with Crippen molar-refractivity contribution in [1.29, 1.82) is 0 Å². The Kier molecular flexibility index (Phi) is 4.91. The number of aromatic nitrogens is 2. The number of aryl methyl sites for hydroxylation is 1. The first kappa shape index (κ1) is 20.8. The minimum absolute atomic E-state index is 0.262. The van der Waals surface area contributed by atoms with Crippen LogP contribution in [0.15, 0.2) is 81.9 Å². The number of halogens is 5. The molecule has 0 amide bonds. The largest absolute Gasteiger partial charge is 0.416 e. The van der Waals surface area contributed by atoms with Crippen molar-refractivity contribution in [2.24, 2.45) is 4.99 Å². The van der Waals surface area contributed by atoms with Gasteiger partial charge in [-0.15, -0.1) is 0 Å². The van der Waals surface area contributed by atoms with E-state index < -0.39 is 11.7 Å². The second kappa shape index (κ2) is 7.53. The van der Waals surface area contributed by atoms with Gasteiger partial charge >= 0.3 is 6.18 Å². The van der Waals surface area contributed by atoms with E-state index in [9.17, 15) is 13.2 Å². The van der Waals surface area contributed by atoms with Gasteiger partial charge < -0.3 is 4.90 Å². The summed E-state index contributed by atoms with van der Waals surface area (Å²) in [7, 11) is 0. The van der Waals surface area contributed by atoms with Gasteiger partial charge in [0.25, 0.3) is 0 Å². The van der Waals surface area contributed by atoms with Crippen molar-refractivity contribution in [2.45, 2.75) is 19.1 Å². The van der Waals surface area contributed by atoms with Gasteiger partial charge in [-0.1, -0.05) is 59.6 Å². The number of fused-ring (bicyclic) bond motifs is 2. The summed E-state index contributed by atoms with van der Waals surface area (Å²) in [5.41, 5.74) is 1.86. The van der Waals surface area contributed by atoms with E-state index in [1.165, 1.54) is 10.7 Å². The number of nitrogens with zero attached hydrogens (tertiary/aromatic N) is 4. The second-order valence-electron chi connectivity index (χ2n) is 7.44. The molecule has 9 heteroatoms. The summed E-state index contributed by atoms with van der Waals surface area (Å²) in [5, 5.41) is 5.34. The topological polar surface area (TPSA) is 33.4 Å². The third-order valence-corrected chi connectivity index (χ3v) is 5.85. The van der Waals surface area contributed by atoms with E-state index in [0.29, 0.717) is 27.4 Å². The molecule has 162 valence electrons. The fourth-order valence-electron chi connectivity index (χ4n) is 4.00. The number of rotatable bonds is 2. The maximum atomic E-state index is 13.3. The minimum Gasteiger partial charge on any atom is -0.318 e. The lowest BCUT2D eigenvalue weighted by Crippen LogP contribution is -2.35. The highest BCUT2D eigenvalue weighted by atomic mass is 35.5. The molecule has 0 saturated carbocycles. The van der Waals surface area contributed by atoms with Gasteiger partial charge in [0.2, 0.25) is 0 Å². The van der Waals surface area contributed by atoms with Gasteiger partial charge in [0.15, 0.2) is 11.7 Å². The number of alkyl halides is 3. The van der Waals surface area contributed by atoms with Gasteiger partial charge in [-0.2, -0.15) is 18.3 Å². The normalized spacial score (nSPS) is 17.9. The van der Waals surface area contributed by atoms with Crippen LogP contribution >= 0.6 is 23.2 Å². The Hall–Kier alpha value is -3.03. The molecule has 0 aliphatic carbocycles. The number of benzene rings is 2. The van der Waals surface area contributed by atoms with Crippen LogP contribution in [0.5, 0.6) is 0 Å². The minimum atomic E-state index is -4.47. The number of hydrogen-bond donors (Lipinski definition) is 0. The van der Waals surface area contributed by atoms with Crippen LogP contribution in [0.4, 0.5) is 19.0 Å². The molecule has 0 N–H and O–H groups in total. The zero-order valence-corrected chi connectivity index (χ0v) is 18.1. The van der Waals surface area contributed by atoms with Crippen LogP contribution in [0.3, 0.4) is 0 Å². The van der Waals surface area contributed by atoms with Gasteiger partial charge in [0.1, 0.15) is 0 Å². The van der Waals surface area contributed by atoms with Crippen LogP contribution in [0.2, 0.25) is 0 Å². The van der Waals surface area contributed by atoms with Crippen LogP contribution in [0.1, 0.15) is 28.4 Å². The first-order chi connectivity index (χ1) is 15.2. The molecule has 0 spiro atoms. The molecule has 32 heavy (non-hydrogen) atoms. The van der Waals surface area contributed by atoms with E-state index in [1.54, 1.807) is 18.3 Å². The maximum absolute atomic E-state index is 13.3. The molecule has 3 heterocycles. The highest BCUT2D eigenvalue weighted by molar-refractivity contribution is 6.45. The quantitative estimate of drug-likeness (QED) is 0.406. The van der Waals surface area contributed by atoms with Crippen molar-refractivity contribution in [3.8, 4) is 5.69 Å². The Balaban J connectivity index is 1.76. The third-order valence-electron chi connectivity index (χ3n) is 5.36. The van der Waals surface area contributed by atoms with Crippen molar-refractivity contribution in [3.63, 3.8) is 0 Å². The monoisotopic (exact) mass is 474 g/mol. The van der Waals surface area contributed by atoms with Crippen molar-refractivity contribution in [3.05, 3.63) is 99.3 Å². The summed E-state index contributed by atoms with van der Waals surface area (Å²) < 4.78 is 41.4. The van der Waals surface area contributed by atoms with Crippen LogP contribution in [-0.2, 0) is 6.18 Å². The molecular weight excluding hydrogens is 460 g/mol. The average molecular weight is 475 g/mol. The summed E-state index contributed by atoms with van der Waals surface area (Å²) in [4.78, 5) is 6.57. The lowest BCUT2D eigenvalue weighted by atomic mass is 9.95. The second-order valence-corrected chi connectivity index (χ2v) is 8.29. The molecule has 0 bridgehead atoms. The van der Waals surface area contributed by atoms with Crippen LogP contribution in [-0.4, -0.2) is 20.5 Å². The Morgan fingerprint density at radius 3 is 2.47 bits per heavy atom. The predicted molar refractivity (Wildman–Crippen MR) is 118 cm³/mol. The molecule has 1 unspecified atom stereocenters. The summed E-state index contributed by atoms with van der Waals surface area (Å²) in [6.45, 7) is 1.81. The van der Waals surface area contributed by atoms with Crippen molar-refractivity contribution in [1.82, 2.24) is 14.7 Å². The standard InChI is InChI=1S/C23H15Cl2F3N4/c1-13-19-20(14-6-3-2-4-7-14)31-12-16(24)11-18(25)21(31)29-22(19)32(30-13)17-9-5-8-15(10-17)23(26,27)28/h2-12,20H,1H3. The van der Waals surface area contributed by atoms with Crippen LogP contribution in [0, 0.1) is 6.92 Å². The number of amidine groups is 1. The average Bonchev–Trinajstić information content (AvgIpc) is 3.09. The van der Waals surface area contributed by atoms with Crippen molar-refractivity contribution >= 4 is 34.9 Å². The molecule has 0 radical (unpaired) electrons. The van der Waals surface area contributed by atoms with E-state index >= 15 is 0 Å². The van der Waals surface area contributed by atoms with Crippen molar-refractivity contribution < 1.29 is 13.2 Å². The Labute approximate surface area is 191 Å². The fraction of sp³-hybridized carbons (Fsp3) is 0.130. The van der Waals surface area contributed by atoms with Crippen molar-refractivity contribution in [2.75, 3.05) is 0 Å². The van der Waals surface area contributed by atoms with E-state index in [4.69, 9.17) is 28.2 Å². The molecule has 4 nitrogen and oxygen atoms in total. The first-order valence-corrected chi connectivity index (χ1v) is 10.4. The lowest BCUT2D eigenvalue weighted by Gasteiger charge is -2.37. The number of hydrogen-bond acceptors (Lipinski definition) is 3. The molecular formula is C23H15Cl2F3N4. The highest BCUT2D eigenvalue weighted by Crippen LogP contribution is 2.45. The Morgan fingerprint density at radius 1 is 1.00 bits per heavy atom. The van der Waals surface area contributed by atoms with E-state index in [0.717, 1.165) is 23.3 Å². The van der Waals surface area contributed by atoms with E-state index in [-0.39, 0.29) is 11.7 Å². The zero-order valence-electron chi connectivity index (χ0n) is 16.6. The lowest BCUT2D eigenvalue weighted by molar-refractivity contribution is -0.137. The van der Waals surface area contributed by atoms with Gasteiger partial charge in [-0.3, -0.25) is 0 Å². The summed E-state index contributed by atoms with van der Waals surface area (Å²) in [6, 6.07) is 14.3. The smallest absolute Gasteiger partial charge is 0.318 e. The Morgan fingerprint density at radius 2 is 1.75 bits per heavy atom. The van der Waals surface area contributed by atoms with Gasteiger partial charge in [-0.25, -0.2) is 9.67 Å². The predicted octanol–water partition coefficient (Wildman–Crippen LogP) is 6.85. The molecule has 3 aromatic rings. The van der Waals surface area contributed by atoms with E-state index in [1.807, 2.05) is 42.2 Å². The molecule has 5 rings (SSSR count). The fourth-order valence-corrected chi connectivity index (χ4v) is 4.53. The number of aliphatic imine (C=N–C) groups is 1. The molecule has 2 aromatic carbocycles. The maximum Gasteiger partial charge on any atom is 0.416 e. The SMILES string of the molecule is Cc1nn(-c2cccc(C(F)(F)F)c2)c2c1C(c1ccccc1)N1C=C(Cl)C=C(Cl)C1=N2. The molecule has 2 aliphatic heterocycles. The zero-order chi connectivity index (χ0) is 22.6.